The molecular weight excluding hydrogens is 280 g/mol. The molecule has 3 rings (SSSR count). The van der Waals surface area contributed by atoms with E-state index in [1.54, 1.807) is 6.20 Å². The molecule has 5 nitrogen and oxygen atoms in total. The summed E-state index contributed by atoms with van der Waals surface area (Å²) in [6, 6.07) is 17.0. The molecule has 0 aliphatic carbocycles. The summed E-state index contributed by atoms with van der Waals surface area (Å²) in [5.41, 5.74) is 4.35. The monoisotopic (exact) mass is 296 g/mol. The van der Waals surface area contributed by atoms with Crippen LogP contribution in [0.25, 0.3) is 10.9 Å². The fraction of sp³-hybridized carbons (Fsp3) is 0.118. The van der Waals surface area contributed by atoms with Gasteiger partial charge in [0.05, 0.1) is 17.8 Å². The molecule has 0 aliphatic heterocycles. The minimum Gasteiger partial charge on any atom is -0.367 e. The van der Waals surface area contributed by atoms with Crippen molar-refractivity contribution in [2.45, 2.75) is 6.61 Å². The maximum Gasteiger partial charge on any atom is 0.257 e. The predicted octanol–water partition coefficient (Wildman–Crippen LogP) is 3.30. The Morgan fingerprint density at radius 3 is 2.59 bits per heavy atom. The summed E-state index contributed by atoms with van der Waals surface area (Å²) in [4.78, 5) is 12.3. The van der Waals surface area contributed by atoms with E-state index in [2.05, 4.69) is 5.48 Å². The van der Waals surface area contributed by atoms with E-state index in [-0.39, 0.29) is 12.5 Å². The zero-order valence-corrected chi connectivity index (χ0v) is 11.9. The van der Waals surface area contributed by atoms with Crippen molar-refractivity contribution >= 4 is 22.5 Å². The molecule has 0 saturated heterocycles. The van der Waals surface area contributed by atoms with Gasteiger partial charge in [0.15, 0.2) is 0 Å². The van der Waals surface area contributed by atoms with Crippen molar-refractivity contribution in [3.05, 3.63) is 66.4 Å². The van der Waals surface area contributed by atoms with Crippen molar-refractivity contribution in [1.82, 2.24) is 4.57 Å². The summed E-state index contributed by atoms with van der Waals surface area (Å²) in [5, 5.41) is 9.93. The molecule has 0 amide bonds. The SMILES string of the molecule is O=C(COCc1ccccc1)n1cc(NO)c2ccccc21. The van der Waals surface area contributed by atoms with Gasteiger partial charge in [0.2, 0.25) is 0 Å². The lowest BCUT2D eigenvalue weighted by molar-refractivity contribution is 0.0649. The second-order valence-electron chi connectivity index (χ2n) is 4.91. The van der Waals surface area contributed by atoms with Crippen LogP contribution >= 0.6 is 0 Å². The summed E-state index contributed by atoms with van der Waals surface area (Å²) >= 11 is 0. The highest BCUT2D eigenvalue weighted by Gasteiger charge is 2.13. The number of hydrogen-bond acceptors (Lipinski definition) is 4. The second kappa shape index (κ2) is 6.43. The molecule has 0 aliphatic rings. The van der Waals surface area contributed by atoms with E-state index in [1.807, 2.05) is 54.6 Å². The Morgan fingerprint density at radius 2 is 1.82 bits per heavy atom. The van der Waals surface area contributed by atoms with Crippen LogP contribution in [0.1, 0.15) is 10.4 Å². The van der Waals surface area contributed by atoms with Gasteiger partial charge in [-0.1, -0.05) is 48.5 Å². The molecule has 2 aromatic carbocycles. The number of nitrogens with one attached hydrogen (secondary N) is 1. The maximum atomic E-state index is 12.3. The van der Waals surface area contributed by atoms with Gasteiger partial charge in [-0.3, -0.25) is 20.0 Å². The molecule has 3 aromatic rings. The van der Waals surface area contributed by atoms with Crippen LogP contribution in [0.4, 0.5) is 5.69 Å². The Labute approximate surface area is 127 Å². The van der Waals surface area contributed by atoms with Crippen LogP contribution < -0.4 is 5.48 Å². The number of aromatic nitrogens is 1. The number of carbonyl (C=O) groups excluding carboxylic acids is 1. The molecule has 0 fully saturated rings. The van der Waals surface area contributed by atoms with Gasteiger partial charge in [0, 0.05) is 11.6 Å². The first-order valence-corrected chi connectivity index (χ1v) is 6.94. The lowest BCUT2D eigenvalue weighted by atomic mass is 10.2. The van der Waals surface area contributed by atoms with Crippen LogP contribution in [-0.4, -0.2) is 22.3 Å². The molecule has 1 aromatic heterocycles. The Kier molecular flexibility index (Phi) is 4.18. The maximum absolute atomic E-state index is 12.3. The summed E-state index contributed by atoms with van der Waals surface area (Å²) in [5.74, 6) is -0.186. The molecule has 5 heteroatoms. The fourth-order valence-electron chi connectivity index (χ4n) is 2.38. The van der Waals surface area contributed by atoms with Gasteiger partial charge in [-0.05, 0) is 11.6 Å². The molecule has 0 saturated carbocycles. The van der Waals surface area contributed by atoms with Crippen molar-refractivity contribution in [1.29, 1.82) is 0 Å². The second-order valence-corrected chi connectivity index (χ2v) is 4.91. The third kappa shape index (κ3) is 2.86. The van der Waals surface area contributed by atoms with Gasteiger partial charge in [0.25, 0.3) is 5.91 Å². The zero-order chi connectivity index (χ0) is 15.4. The summed E-state index contributed by atoms with van der Waals surface area (Å²) in [7, 11) is 0. The largest absolute Gasteiger partial charge is 0.367 e. The van der Waals surface area contributed by atoms with Crippen molar-refractivity contribution in [3.8, 4) is 0 Å². The Balaban J connectivity index is 1.72. The van der Waals surface area contributed by atoms with E-state index in [0.717, 1.165) is 16.5 Å². The van der Waals surface area contributed by atoms with Crippen molar-refractivity contribution in [3.63, 3.8) is 0 Å². The van der Waals surface area contributed by atoms with Crippen LogP contribution in [-0.2, 0) is 11.3 Å². The number of ether oxygens (including phenoxy) is 1. The Hall–Kier alpha value is -2.63. The molecule has 0 spiro atoms. The van der Waals surface area contributed by atoms with Crippen molar-refractivity contribution in [2.75, 3.05) is 12.1 Å². The highest BCUT2D eigenvalue weighted by Crippen LogP contribution is 2.25. The third-order valence-electron chi connectivity index (χ3n) is 3.44. The Morgan fingerprint density at radius 1 is 1.09 bits per heavy atom. The average molecular weight is 296 g/mol. The van der Waals surface area contributed by atoms with Gasteiger partial charge in [-0.2, -0.15) is 0 Å². The quantitative estimate of drug-likeness (QED) is 0.709. The first kappa shape index (κ1) is 14.3. The fourth-order valence-corrected chi connectivity index (χ4v) is 2.38. The molecule has 0 radical (unpaired) electrons. The molecule has 112 valence electrons. The van der Waals surface area contributed by atoms with Gasteiger partial charge in [0.1, 0.15) is 6.61 Å². The molecule has 0 unspecified atom stereocenters. The topological polar surface area (TPSA) is 63.5 Å². The van der Waals surface area contributed by atoms with Crippen molar-refractivity contribution in [2.24, 2.45) is 0 Å². The van der Waals surface area contributed by atoms with E-state index in [1.165, 1.54) is 4.57 Å². The molecule has 1 heterocycles. The number of carbonyl (C=O) groups is 1. The molecule has 0 bridgehead atoms. The van der Waals surface area contributed by atoms with E-state index in [0.29, 0.717) is 12.3 Å². The van der Waals surface area contributed by atoms with Gasteiger partial charge in [-0.15, -0.1) is 0 Å². The first-order valence-electron chi connectivity index (χ1n) is 6.94. The van der Waals surface area contributed by atoms with Crippen LogP contribution in [0, 0.1) is 0 Å². The molecule has 22 heavy (non-hydrogen) atoms. The lowest BCUT2D eigenvalue weighted by Crippen LogP contribution is -2.16. The van der Waals surface area contributed by atoms with Gasteiger partial charge >= 0.3 is 0 Å². The van der Waals surface area contributed by atoms with Crippen LogP contribution in [0.5, 0.6) is 0 Å². The van der Waals surface area contributed by atoms with E-state index < -0.39 is 0 Å². The Bertz CT molecular complexity index is 781. The highest BCUT2D eigenvalue weighted by atomic mass is 16.5. The number of anilines is 1. The number of rotatable bonds is 5. The third-order valence-corrected chi connectivity index (χ3v) is 3.44. The van der Waals surface area contributed by atoms with E-state index in [9.17, 15) is 4.79 Å². The normalized spacial score (nSPS) is 10.8. The van der Waals surface area contributed by atoms with Crippen molar-refractivity contribution < 1.29 is 14.7 Å². The summed E-state index contributed by atoms with van der Waals surface area (Å²) < 4.78 is 6.96. The average Bonchev–Trinajstić information content (AvgIpc) is 2.95. The minimum atomic E-state index is -0.186. The molecule has 0 atom stereocenters. The lowest BCUT2D eigenvalue weighted by Gasteiger charge is -2.05. The van der Waals surface area contributed by atoms with Gasteiger partial charge in [-0.25, -0.2) is 0 Å². The summed E-state index contributed by atoms with van der Waals surface area (Å²) in [6.45, 7) is 0.356. The summed E-state index contributed by atoms with van der Waals surface area (Å²) in [6.07, 6.45) is 1.57. The van der Waals surface area contributed by atoms with Gasteiger partial charge < -0.3 is 4.74 Å². The molecule has 2 N–H and O–H groups in total. The van der Waals surface area contributed by atoms with Crippen LogP contribution in [0.3, 0.4) is 0 Å². The molecular formula is C17H16N2O3. The number of hydrogen-bond donors (Lipinski definition) is 2. The number of para-hydroxylation sites is 1. The van der Waals surface area contributed by atoms with E-state index >= 15 is 0 Å². The van der Waals surface area contributed by atoms with E-state index in [4.69, 9.17) is 9.94 Å². The van der Waals surface area contributed by atoms with Crippen LogP contribution in [0.2, 0.25) is 0 Å². The first-order chi connectivity index (χ1) is 10.8. The predicted molar refractivity (Wildman–Crippen MR) is 84.1 cm³/mol. The number of nitrogens with zero attached hydrogens (tertiary/aromatic N) is 1. The highest BCUT2D eigenvalue weighted by molar-refractivity contribution is 6.00. The van der Waals surface area contributed by atoms with Crippen LogP contribution in [0.15, 0.2) is 60.8 Å². The number of fused-ring (bicyclic) bond motifs is 1. The number of benzene rings is 2. The smallest absolute Gasteiger partial charge is 0.257 e. The minimum absolute atomic E-state index is 0.0293. The zero-order valence-electron chi connectivity index (χ0n) is 11.9. The standard InChI is InChI=1S/C17H16N2O3/c20-17(12-22-11-13-6-2-1-3-7-13)19-10-15(18-21)14-8-4-5-9-16(14)19/h1-10,18,21H,11-12H2.